The third-order valence-corrected chi connectivity index (χ3v) is 2.71. The second kappa shape index (κ2) is 7.21. The Balaban J connectivity index is 2.09. The van der Waals surface area contributed by atoms with Crippen molar-refractivity contribution in [3.05, 3.63) is 0 Å². The van der Waals surface area contributed by atoms with Gasteiger partial charge in [-0.3, -0.25) is 0 Å². The number of ether oxygens (including phenoxy) is 1. The van der Waals surface area contributed by atoms with E-state index < -0.39 is 0 Å². The summed E-state index contributed by atoms with van der Waals surface area (Å²) in [6.07, 6.45) is 5.31. The number of hydrogen-bond acceptors (Lipinski definition) is 3. The summed E-state index contributed by atoms with van der Waals surface area (Å²) in [6, 6.07) is 0. The fraction of sp³-hybridized carbons (Fsp3) is 1.00. The summed E-state index contributed by atoms with van der Waals surface area (Å²) >= 11 is 0. The van der Waals surface area contributed by atoms with Gasteiger partial charge in [-0.1, -0.05) is 6.42 Å². The first-order valence-electron chi connectivity index (χ1n) is 5.87. The minimum atomic E-state index is 0.409. The summed E-state index contributed by atoms with van der Waals surface area (Å²) in [7, 11) is 0. The lowest BCUT2D eigenvalue weighted by molar-refractivity contribution is 0.0675. The van der Waals surface area contributed by atoms with Crippen molar-refractivity contribution in [2.24, 2.45) is 5.73 Å². The van der Waals surface area contributed by atoms with Gasteiger partial charge in [0.2, 0.25) is 0 Å². The molecule has 84 valence electrons. The Morgan fingerprint density at radius 1 is 1.36 bits per heavy atom. The zero-order valence-corrected chi connectivity index (χ0v) is 9.37. The molecule has 1 saturated heterocycles. The van der Waals surface area contributed by atoms with E-state index >= 15 is 0 Å². The number of hydrogen-bond donors (Lipinski definition) is 1. The standard InChI is InChI=1S/C11H24N2O/c1-11-10-13(8-5-9-14-11)7-4-2-3-6-12/h11H,2-10,12H2,1H3. The second-order valence-corrected chi connectivity index (χ2v) is 4.18. The molecule has 3 nitrogen and oxygen atoms in total. The summed E-state index contributed by atoms with van der Waals surface area (Å²) in [5, 5.41) is 0. The average Bonchev–Trinajstić information content (AvgIpc) is 2.38. The van der Waals surface area contributed by atoms with Crippen LogP contribution in [0.5, 0.6) is 0 Å². The van der Waals surface area contributed by atoms with Crippen molar-refractivity contribution in [1.82, 2.24) is 4.90 Å². The first-order chi connectivity index (χ1) is 6.83. The molecule has 0 aliphatic carbocycles. The zero-order chi connectivity index (χ0) is 10.2. The van der Waals surface area contributed by atoms with Crippen LogP contribution in [0.3, 0.4) is 0 Å². The highest BCUT2D eigenvalue weighted by atomic mass is 16.5. The normalized spacial score (nSPS) is 24.9. The molecule has 1 aliphatic rings. The van der Waals surface area contributed by atoms with E-state index in [1.165, 1.54) is 38.8 Å². The van der Waals surface area contributed by atoms with Crippen LogP contribution in [-0.2, 0) is 4.74 Å². The molecule has 1 heterocycles. The van der Waals surface area contributed by atoms with E-state index in [2.05, 4.69) is 11.8 Å². The molecular weight excluding hydrogens is 176 g/mol. The van der Waals surface area contributed by atoms with Crippen molar-refractivity contribution in [2.45, 2.75) is 38.7 Å². The van der Waals surface area contributed by atoms with E-state index in [-0.39, 0.29) is 0 Å². The number of unbranched alkanes of at least 4 members (excludes halogenated alkanes) is 2. The van der Waals surface area contributed by atoms with Gasteiger partial charge in [-0.05, 0) is 39.3 Å². The van der Waals surface area contributed by atoms with Crippen molar-refractivity contribution in [2.75, 3.05) is 32.8 Å². The van der Waals surface area contributed by atoms with Crippen molar-refractivity contribution in [1.29, 1.82) is 0 Å². The monoisotopic (exact) mass is 200 g/mol. The predicted molar refractivity (Wildman–Crippen MR) is 59.4 cm³/mol. The first-order valence-corrected chi connectivity index (χ1v) is 5.87. The maximum atomic E-state index is 5.60. The van der Waals surface area contributed by atoms with Gasteiger partial charge in [0, 0.05) is 19.7 Å². The van der Waals surface area contributed by atoms with Crippen LogP contribution in [0.15, 0.2) is 0 Å². The van der Waals surface area contributed by atoms with Gasteiger partial charge in [0.25, 0.3) is 0 Å². The lowest BCUT2D eigenvalue weighted by atomic mass is 10.2. The average molecular weight is 200 g/mol. The minimum Gasteiger partial charge on any atom is -0.377 e. The van der Waals surface area contributed by atoms with Gasteiger partial charge in [0.15, 0.2) is 0 Å². The maximum Gasteiger partial charge on any atom is 0.0673 e. The molecule has 1 rings (SSSR count). The van der Waals surface area contributed by atoms with Gasteiger partial charge in [0.05, 0.1) is 6.10 Å². The van der Waals surface area contributed by atoms with Crippen LogP contribution in [0, 0.1) is 0 Å². The van der Waals surface area contributed by atoms with Gasteiger partial charge in [-0.25, -0.2) is 0 Å². The Morgan fingerprint density at radius 2 is 2.21 bits per heavy atom. The molecule has 14 heavy (non-hydrogen) atoms. The van der Waals surface area contributed by atoms with Crippen LogP contribution >= 0.6 is 0 Å². The van der Waals surface area contributed by atoms with Crippen molar-refractivity contribution >= 4 is 0 Å². The third kappa shape index (κ3) is 4.94. The molecule has 0 saturated carbocycles. The van der Waals surface area contributed by atoms with E-state index in [1.807, 2.05) is 0 Å². The third-order valence-electron chi connectivity index (χ3n) is 2.71. The fourth-order valence-corrected chi connectivity index (χ4v) is 1.94. The van der Waals surface area contributed by atoms with Crippen LogP contribution in [0.4, 0.5) is 0 Å². The van der Waals surface area contributed by atoms with Crippen LogP contribution < -0.4 is 5.73 Å². The smallest absolute Gasteiger partial charge is 0.0673 e. The van der Waals surface area contributed by atoms with E-state index in [0.717, 1.165) is 19.7 Å². The van der Waals surface area contributed by atoms with Crippen LogP contribution in [0.1, 0.15) is 32.6 Å². The molecule has 0 aromatic carbocycles. The molecule has 1 aliphatic heterocycles. The molecular formula is C11H24N2O. The van der Waals surface area contributed by atoms with Crippen LogP contribution in [-0.4, -0.2) is 43.8 Å². The summed E-state index contributed by atoms with van der Waals surface area (Å²) in [5.74, 6) is 0. The van der Waals surface area contributed by atoms with Crippen molar-refractivity contribution in [3.8, 4) is 0 Å². The molecule has 0 amide bonds. The van der Waals surface area contributed by atoms with Crippen LogP contribution in [0.25, 0.3) is 0 Å². The van der Waals surface area contributed by atoms with Crippen molar-refractivity contribution in [3.63, 3.8) is 0 Å². The Morgan fingerprint density at radius 3 is 3.00 bits per heavy atom. The van der Waals surface area contributed by atoms with E-state index in [4.69, 9.17) is 10.5 Å². The molecule has 0 spiro atoms. The lowest BCUT2D eigenvalue weighted by Gasteiger charge is -2.21. The highest BCUT2D eigenvalue weighted by Gasteiger charge is 2.13. The quantitative estimate of drug-likeness (QED) is 0.678. The molecule has 0 bridgehead atoms. The van der Waals surface area contributed by atoms with Crippen molar-refractivity contribution < 1.29 is 4.74 Å². The predicted octanol–water partition coefficient (Wildman–Crippen LogP) is 1.23. The van der Waals surface area contributed by atoms with Gasteiger partial charge in [-0.2, -0.15) is 0 Å². The number of rotatable bonds is 5. The van der Waals surface area contributed by atoms with Crippen LogP contribution in [0.2, 0.25) is 0 Å². The highest BCUT2D eigenvalue weighted by Crippen LogP contribution is 2.06. The molecule has 0 aromatic heterocycles. The Kier molecular flexibility index (Phi) is 6.15. The topological polar surface area (TPSA) is 38.5 Å². The second-order valence-electron chi connectivity index (χ2n) is 4.18. The Hall–Kier alpha value is -0.120. The number of nitrogens with two attached hydrogens (primary N) is 1. The Bertz CT molecular complexity index is 141. The molecule has 2 N–H and O–H groups in total. The van der Waals surface area contributed by atoms with E-state index in [9.17, 15) is 0 Å². The molecule has 3 heteroatoms. The summed E-state index contributed by atoms with van der Waals surface area (Å²) in [5.41, 5.74) is 5.46. The zero-order valence-electron chi connectivity index (χ0n) is 9.37. The number of nitrogens with zero attached hydrogens (tertiary/aromatic N) is 1. The first kappa shape index (κ1) is 12.0. The van der Waals surface area contributed by atoms with Gasteiger partial charge >= 0.3 is 0 Å². The Labute approximate surface area is 87.6 Å². The van der Waals surface area contributed by atoms with Gasteiger partial charge < -0.3 is 15.4 Å². The minimum absolute atomic E-state index is 0.409. The van der Waals surface area contributed by atoms with E-state index in [0.29, 0.717) is 6.10 Å². The summed E-state index contributed by atoms with van der Waals surface area (Å²) < 4.78 is 5.60. The SMILES string of the molecule is CC1CN(CCCCCN)CCCO1. The summed E-state index contributed by atoms with van der Waals surface area (Å²) in [6.45, 7) is 7.45. The molecule has 1 unspecified atom stereocenters. The summed E-state index contributed by atoms with van der Waals surface area (Å²) in [4.78, 5) is 2.52. The highest BCUT2D eigenvalue weighted by molar-refractivity contribution is 4.66. The molecule has 0 aromatic rings. The molecule has 0 radical (unpaired) electrons. The largest absolute Gasteiger partial charge is 0.377 e. The molecule has 1 atom stereocenters. The van der Waals surface area contributed by atoms with E-state index in [1.54, 1.807) is 0 Å². The fourth-order valence-electron chi connectivity index (χ4n) is 1.94. The molecule has 1 fully saturated rings. The van der Waals surface area contributed by atoms with Gasteiger partial charge in [0.1, 0.15) is 0 Å². The van der Waals surface area contributed by atoms with Gasteiger partial charge in [-0.15, -0.1) is 0 Å². The maximum absolute atomic E-state index is 5.60. The lowest BCUT2D eigenvalue weighted by Crippen LogP contribution is -2.31.